The second-order valence-corrected chi connectivity index (χ2v) is 2.53. The molecular weight excluding hydrogens is 131 g/mol. The van der Waals surface area contributed by atoms with E-state index in [1.807, 2.05) is 0 Å². The Hall–Kier alpha value is -0.110. The molecule has 62 valence electrons. The maximum atomic E-state index is 11.5. The molecule has 0 aromatic heterocycles. The van der Waals surface area contributed by atoms with Gasteiger partial charge in [0.2, 0.25) is 0 Å². The van der Waals surface area contributed by atoms with E-state index in [1.54, 1.807) is 0 Å². The van der Waals surface area contributed by atoms with Crippen LogP contribution in [-0.2, 0) is 0 Å². The highest BCUT2D eigenvalue weighted by atomic mass is 19.1. The van der Waals surface area contributed by atoms with E-state index in [0.717, 1.165) is 32.1 Å². The fourth-order valence-electron chi connectivity index (χ4n) is 0.913. The van der Waals surface area contributed by atoms with Crippen molar-refractivity contribution < 1.29 is 9.50 Å². The van der Waals surface area contributed by atoms with Crippen molar-refractivity contribution in [3.05, 3.63) is 0 Å². The van der Waals surface area contributed by atoms with Crippen molar-refractivity contribution in [2.75, 3.05) is 13.3 Å². The third kappa shape index (κ3) is 7.89. The molecule has 2 heteroatoms. The molecule has 0 saturated carbocycles. The first-order valence-electron chi connectivity index (χ1n) is 4.08. The molecule has 0 spiro atoms. The van der Waals surface area contributed by atoms with Crippen molar-refractivity contribution in [2.45, 2.75) is 38.5 Å². The summed E-state index contributed by atoms with van der Waals surface area (Å²) in [7, 11) is 0. The van der Waals surface area contributed by atoms with Gasteiger partial charge in [-0.05, 0) is 12.8 Å². The smallest absolute Gasteiger partial charge is 0.0894 e. The summed E-state index contributed by atoms with van der Waals surface area (Å²) in [5.74, 6) is 0. The highest BCUT2D eigenvalue weighted by Gasteiger charge is 1.88. The van der Waals surface area contributed by atoms with Gasteiger partial charge in [-0.25, -0.2) is 0 Å². The first kappa shape index (κ1) is 9.89. The molecule has 0 aromatic carbocycles. The Morgan fingerprint density at radius 3 is 1.80 bits per heavy atom. The minimum atomic E-state index is -0.181. The molecule has 0 aliphatic heterocycles. The molecule has 0 rings (SSSR count). The number of alkyl halides is 1. The normalized spacial score (nSPS) is 10.2. The first-order chi connectivity index (χ1) is 4.91. The minimum Gasteiger partial charge on any atom is -0.396 e. The molecule has 0 heterocycles. The summed E-state index contributed by atoms with van der Waals surface area (Å²) in [6.07, 6.45) is 5.95. The highest BCUT2D eigenvalue weighted by Crippen LogP contribution is 2.04. The van der Waals surface area contributed by atoms with Gasteiger partial charge in [0.25, 0.3) is 0 Å². The summed E-state index contributed by atoms with van der Waals surface area (Å²) in [6, 6.07) is 0. The fourth-order valence-corrected chi connectivity index (χ4v) is 0.913. The van der Waals surface area contributed by atoms with Gasteiger partial charge in [0.15, 0.2) is 0 Å². The van der Waals surface area contributed by atoms with Gasteiger partial charge in [0.05, 0.1) is 6.67 Å². The zero-order valence-electron chi connectivity index (χ0n) is 6.48. The lowest BCUT2D eigenvalue weighted by Crippen LogP contribution is -1.84. The van der Waals surface area contributed by atoms with Crippen LogP contribution in [0.3, 0.4) is 0 Å². The predicted octanol–water partition coefficient (Wildman–Crippen LogP) is 2.29. The molecule has 0 saturated heterocycles. The van der Waals surface area contributed by atoms with Crippen molar-refractivity contribution >= 4 is 0 Å². The van der Waals surface area contributed by atoms with Gasteiger partial charge in [0, 0.05) is 6.61 Å². The molecule has 0 unspecified atom stereocenters. The van der Waals surface area contributed by atoms with Crippen molar-refractivity contribution in [3.8, 4) is 0 Å². The maximum absolute atomic E-state index is 11.5. The third-order valence-electron chi connectivity index (χ3n) is 1.54. The van der Waals surface area contributed by atoms with Gasteiger partial charge in [-0.3, -0.25) is 4.39 Å². The Balaban J connectivity index is 2.65. The Morgan fingerprint density at radius 2 is 1.30 bits per heavy atom. The van der Waals surface area contributed by atoms with Gasteiger partial charge in [-0.2, -0.15) is 0 Å². The van der Waals surface area contributed by atoms with E-state index in [1.165, 1.54) is 0 Å². The molecular formula is C8H17FO. The zero-order chi connectivity index (χ0) is 7.66. The molecule has 0 atom stereocenters. The summed E-state index contributed by atoms with van der Waals surface area (Å²) in [6.45, 7) is 0.114. The van der Waals surface area contributed by atoms with Crippen LogP contribution in [-0.4, -0.2) is 18.4 Å². The lowest BCUT2D eigenvalue weighted by Gasteiger charge is -1.96. The SMILES string of the molecule is OCCCCCCCCF. The maximum Gasteiger partial charge on any atom is 0.0894 e. The number of unbranched alkanes of at least 4 members (excludes halogenated alkanes) is 5. The van der Waals surface area contributed by atoms with Crippen LogP contribution in [0.2, 0.25) is 0 Å². The molecule has 0 bridgehead atoms. The molecule has 1 nitrogen and oxygen atoms in total. The van der Waals surface area contributed by atoms with Crippen LogP contribution in [0.25, 0.3) is 0 Å². The standard InChI is InChI=1S/C8H17FO/c9-7-5-3-1-2-4-6-8-10/h10H,1-8H2. The van der Waals surface area contributed by atoms with Crippen LogP contribution in [0.4, 0.5) is 4.39 Å². The number of hydrogen-bond acceptors (Lipinski definition) is 1. The zero-order valence-corrected chi connectivity index (χ0v) is 6.48. The molecule has 0 radical (unpaired) electrons. The summed E-state index contributed by atoms with van der Waals surface area (Å²) in [5.41, 5.74) is 0. The Kier molecular flexibility index (Phi) is 8.79. The van der Waals surface area contributed by atoms with Crippen molar-refractivity contribution in [2.24, 2.45) is 0 Å². The Bertz CT molecular complexity index is 49.2. The van der Waals surface area contributed by atoms with Gasteiger partial charge in [-0.15, -0.1) is 0 Å². The van der Waals surface area contributed by atoms with Crippen LogP contribution < -0.4 is 0 Å². The third-order valence-corrected chi connectivity index (χ3v) is 1.54. The summed E-state index contributed by atoms with van der Waals surface area (Å²) in [5, 5.41) is 8.41. The van der Waals surface area contributed by atoms with Crippen LogP contribution in [0.15, 0.2) is 0 Å². The van der Waals surface area contributed by atoms with Crippen molar-refractivity contribution in [1.29, 1.82) is 0 Å². The largest absolute Gasteiger partial charge is 0.396 e. The number of rotatable bonds is 7. The predicted molar refractivity (Wildman–Crippen MR) is 40.8 cm³/mol. The van der Waals surface area contributed by atoms with Crippen LogP contribution in [0, 0.1) is 0 Å². The second kappa shape index (κ2) is 8.89. The second-order valence-electron chi connectivity index (χ2n) is 2.53. The molecule has 0 aliphatic rings. The van der Waals surface area contributed by atoms with E-state index >= 15 is 0 Å². The Labute approximate surface area is 62.3 Å². The number of hydrogen-bond donors (Lipinski definition) is 1. The Morgan fingerprint density at radius 1 is 0.800 bits per heavy atom. The van der Waals surface area contributed by atoms with E-state index in [9.17, 15) is 4.39 Å². The van der Waals surface area contributed by atoms with Crippen LogP contribution >= 0.6 is 0 Å². The van der Waals surface area contributed by atoms with E-state index in [-0.39, 0.29) is 6.67 Å². The number of halogens is 1. The van der Waals surface area contributed by atoms with Gasteiger partial charge >= 0.3 is 0 Å². The summed E-state index contributed by atoms with van der Waals surface area (Å²) >= 11 is 0. The minimum absolute atomic E-state index is 0.181. The molecule has 10 heavy (non-hydrogen) atoms. The average Bonchev–Trinajstić information content (AvgIpc) is 1.97. The fraction of sp³-hybridized carbons (Fsp3) is 1.00. The van der Waals surface area contributed by atoms with E-state index < -0.39 is 0 Å². The van der Waals surface area contributed by atoms with E-state index in [0.29, 0.717) is 13.0 Å². The number of aliphatic hydroxyl groups is 1. The van der Waals surface area contributed by atoms with Crippen LogP contribution in [0.1, 0.15) is 38.5 Å². The van der Waals surface area contributed by atoms with E-state index in [2.05, 4.69) is 0 Å². The van der Waals surface area contributed by atoms with Crippen LogP contribution in [0.5, 0.6) is 0 Å². The summed E-state index contributed by atoms with van der Waals surface area (Å²) in [4.78, 5) is 0. The highest BCUT2D eigenvalue weighted by molar-refractivity contribution is 4.43. The molecule has 0 fully saturated rings. The molecule has 0 amide bonds. The molecule has 0 aliphatic carbocycles. The van der Waals surface area contributed by atoms with Gasteiger partial charge in [0.1, 0.15) is 0 Å². The van der Waals surface area contributed by atoms with Crippen molar-refractivity contribution in [3.63, 3.8) is 0 Å². The topological polar surface area (TPSA) is 20.2 Å². The average molecular weight is 148 g/mol. The monoisotopic (exact) mass is 148 g/mol. The van der Waals surface area contributed by atoms with Gasteiger partial charge in [-0.1, -0.05) is 25.7 Å². The molecule has 1 N–H and O–H groups in total. The van der Waals surface area contributed by atoms with Crippen molar-refractivity contribution in [1.82, 2.24) is 0 Å². The lowest BCUT2D eigenvalue weighted by atomic mass is 10.1. The summed E-state index contributed by atoms with van der Waals surface area (Å²) < 4.78 is 11.5. The van der Waals surface area contributed by atoms with Gasteiger partial charge < -0.3 is 5.11 Å². The quantitative estimate of drug-likeness (QED) is 0.549. The molecule has 0 aromatic rings. The number of aliphatic hydroxyl groups excluding tert-OH is 1. The van der Waals surface area contributed by atoms with E-state index in [4.69, 9.17) is 5.11 Å². The first-order valence-corrected chi connectivity index (χ1v) is 4.08. The lowest BCUT2D eigenvalue weighted by molar-refractivity contribution is 0.282.